The normalized spacial score (nSPS) is 21.2. The van der Waals surface area contributed by atoms with E-state index < -0.39 is 0 Å². The number of amides is 1. The molecule has 1 N–H and O–H groups in total. The van der Waals surface area contributed by atoms with Gasteiger partial charge < -0.3 is 14.7 Å². The van der Waals surface area contributed by atoms with Crippen LogP contribution in [0.4, 0.5) is 4.39 Å². The Kier molecular flexibility index (Phi) is 4.05. The van der Waals surface area contributed by atoms with Gasteiger partial charge in [-0.2, -0.15) is 0 Å². The first-order chi connectivity index (χ1) is 12.5. The maximum atomic E-state index is 13.5. The van der Waals surface area contributed by atoms with Gasteiger partial charge >= 0.3 is 0 Å². The number of benzene rings is 1. The van der Waals surface area contributed by atoms with Gasteiger partial charge in [-0.05, 0) is 42.7 Å². The SMILES string of the molecule is C[C@@H]1CC2(CCN(C(=O)c3ccc(O)cn3)CC2)Oc2ccc(F)cc21. The molecule has 6 heteroatoms. The van der Waals surface area contributed by atoms with Crippen molar-refractivity contribution >= 4 is 5.91 Å². The van der Waals surface area contributed by atoms with Crippen molar-refractivity contribution in [2.75, 3.05) is 13.1 Å². The van der Waals surface area contributed by atoms with Gasteiger partial charge in [-0.3, -0.25) is 4.79 Å². The summed E-state index contributed by atoms with van der Waals surface area (Å²) in [6.07, 6.45) is 3.57. The average Bonchev–Trinajstić information content (AvgIpc) is 2.63. The second-order valence-corrected chi connectivity index (χ2v) is 7.27. The number of hydrogen-bond acceptors (Lipinski definition) is 4. The average molecular weight is 356 g/mol. The third kappa shape index (κ3) is 3.00. The summed E-state index contributed by atoms with van der Waals surface area (Å²) in [4.78, 5) is 18.4. The number of nitrogens with zero attached hydrogens (tertiary/aromatic N) is 2. The second-order valence-electron chi connectivity index (χ2n) is 7.27. The molecule has 5 nitrogen and oxygen atoms in total. The highest BCUT2D eigenvalue weighted by Gasteiger charge is 2.43. The number of carbonyl (C=O) groups excluding carboxylic acids is 1. The van der Waals surface area contributed by atoms with Gasteiger partial charge in [-0.25, -0.2) is 9.37 Å². The summed E-state index contributed by atoms with van der Waals surface area (Å²) >= 11 is 0. The molecule has 1 fully saturated rings. The van der Waals surface area contributed by atoms with Gasteiger partial charge in [0.25, 0.3) is 5.91 Å². The molecule has 1 aromatic heterocycles. The molecule has 26 heavy (non-hydrogen) atoms. The number of aromatic hydroxyl groups is 1. The van der Waals surface area contributed by atoms with E-state index in [0.717, 1.165) is 30.6 Å². The van der Waals surface area contributed by atoms with Crippen LogP contribution in [0.5, 0.6) is 11.5 Å². The fourth-order valence-corrected chi connectivity index (χ4v) is 4.04. The molecular weight excluding hydrogens is 335 g/mol. The number of ether oxygens (including phenoxy) is 1. The van der Waals surface area contributed by atoms with Crippen LogP contribution in [-0.4, -0.2) is 39.6 Å². The van der Waals surface area contributed by atoms with E-state index in [2.05, 4.69) is 11.9 Å². The Morgan fingerprint density at radius 2 is 2.08 bits per heavy atom. The number of pyridine rings is 1. The number of rotatable bonds is 1. The zero-order valence-corrected chi connectivity index (χ0v) is 14.6. The molecular formula is C20H21FN2O3. The Hall–Kier alpha value is -2.63. The highest BCUT2D eigenvalue weighted by Crippen LogP contribution is 2.45. The van der Waals surface area contributed by atoms with Gasteiger partial charge in [0.1, 0.15) is 28.6 Å². The lowest BCUT2D eigenvalue weighted by molar-refractivity contribution is -0.0167. The summed E-state index contributed by atoms with van der Waals surface area (Å²) in [6.45, 7) is 3.27. The highest BCUT2D eigenvalue weighted by atomic mass is 19.1. The smallest absolute Gasteiger partial charge is 0.272 e. The summed E-state index contributed by atoms with van der Waals surface area (Å²) in [5.74, 6) is 0.641. The lowest BCUT2D eigenvalue weighted by atomic mass is 9.78. The first kappa shape index (κ1) is 16.8. The Bertz CT molecular complexity index is 829. The quantitative estimate of drug-likeness (QED) is 0.850. The van der Waals surface area contributed by atoms with E-state index in [-0.39, 0.29) is 29.0 Å². The topological polar surface area (TPSA) is 62.7 Å². The standard InChI is InChI=1S/C20H21FN2O3/c1-13-11-20(26-18-5-2-14(21)10-16(13)18)6-8-23(9-7-20)19(25)17-4-3-15(24)12-22-17/h2-5,10,12-13,24H,6-9,11H2,1H3/t13-/m1/s1. The van der Waals surface area contributed by atoms with Crippen LogP contribution in [0.2, 0.25) is 0 Å². The first-order valence-corrected chi connectivity index (χ1v) is 8.89. The molecule has 0 radical (unpaired) electrons. The predicted molar refractivity (Wildman–Crippen MR) is 93.8 cm³/mol. The zero-order chi connectivity index (χ0) is 18.3. The van der Waals surface area contributed by atoms with E-state index >= 15 is 0 Å². The summed E-state index contributed by atoms with van der Waals surface area (Å²) in [7, 11) is 0. The van der Waals surface area contributed by atoms with Gasteiger partial charge in [0.15, 0.2) is 0 Å². The predicted octanol–water partition coefficient (Wildman–Crippen LogP) is 3.49. The molecule has 136 valence electrons. The number of piperidine rings is 1. The molecule has 1 atom stereocenters. The van der Waals surface area contributed by atoms with Crippen LogP contribution in [-0.2, 0) is 0 Å². The lowest BCUT2D eigenvalue weighted by Gasteiger charge is -2.46. The molecule has 4 rings (SSSR count). The van der Waals surface area contributed by atoms with Gasteiger partial charge in [0.05, 0.1) is 6.20 Å². The van der Waals surface area contributed by atoms with Crippen molar-refractivity contribution < 1.29 is 19.0 Å². The van der Waals surface area contributed by atoms with E-state index in [0.29, 0.717) is 18.8 Å². The van der Waals surface area contributed by atoms with Crippen LogP contribution < -0.4 is 4.74 Å². The summed E-state index contributed by atoms with van der Waals surface area (Å²) in [5.41, 5.74) is 0.948. The highest BCUT2D eigenvalue weighted by molar-refractivity contribution is 5.92. The van der Waals surface area contributed by atoms with Gasteiger partial charge in [-0.15, -0.1) is 0 Å². The van der Waals surface area contributed by atoms with Crippen molar-refractivity contribution in [1.29, 1.82) is 0 Å². The Balaban J connectivity index is 1.47. The van der Waals surface area contributed by atoms with Crippen molar-refractivity contribution in [2.24, 2.45) is 0 Å². The van der Waals surface area contributed by atoms with Crippen LogP contribution in [0.1, 0.15) is 48.2 Å². The summed E-state index contributed by atoms with van der Waals surface area (Å²) < 4.78 is 19.8. The number of halogens is 1. The van der Waals surface area contributed by atoms with E-state index in [1.807, 2.05) is 0 Å². The van der Waals surface area contributed by atoms with Crippen LogP contribution in [0.25, 0.3) is 0 Å². The van der Waals surface area contributed by atoms with E-state index in [9.17, 15) is 14.3 Å². The third-order valence-corrected chi connectivity index (χ3v) is 5.44. The number of aromatic nitrogens is 1. The molecule has 1 aromatic carbocycles. The second kappa shape index (κ2) is 6.27. The molecule has 0 unspecified atom stereocenters. The molecule has 2 aromatic rings. The van der Waals surface area contributed by atoms with Gasteiger partial charge in [0.2, 0.25) is 0 Å². The molecule has 2 aliphatic heterocycles. The molecule has 1 amide bonds. The Morgan fingerprint density at radius 3 is 2.77 bits per heavy atom. The van der Waals surface area contributed by atoms with Crippen LogP contribution >= 0.6 is 0 Å². The monoisotopic (exact) mass is 356 g/mol. The lowest BCUT2D eigenvalue weighted by Crippen LogP contribution is -2.51. The van der Waals surface area contributed by atoms with E-state index in [4.69, 9.17) is 4.74 Å². The zero-order valence-electron chi connectivity index (χ0n) is 14.6. The summed E-state index contributed by atoms with van der Waals surface area (Å²) in [6, 6.07) is 7.70. The van der Waals surface area contributed by atoms with Crippen LogP contribution in [0.3, 0.4) is 0 Å². The van der Waals surface area contributed by atoms with Gasteiger partial charge in [-0.1, -0.05) is 6.92 Å². The Labute approximate surface area is 151 Å². The first-order valence-electron chi connectivity index (χ1n) is 8.89. The maximum Gasteiger partial charge on any atom is 0.272 e. The van der Waals surface area contributed by atoms with Crippen molar-refractivity contribution in [3.05, 3.63) is 53.6 Å². The van der Waals surface area contributed by atoms with E-state index in [1.54, 1.807) is 17.0 Å². The molecule has 0 saturated carbocycles. The molecule has 2 aliphatic rings. The maximum absolute atomic E-state index is 13.5. The summed E-state index contributed by atoms with van der Waals surface area (Å²) in [5, 5.41) is 9.31. The largest absolute Gasteiger partial charge is 0.506 e. The van der Waals surface area contributed by atoms with Crippen LogP contribution in [0.15, 0.2) is 36.5 Å². The molecule has 0 aliphatic carbocycles. The fraction of sp³-hybridized carbons (Fsp3) is 0.400. The minimum absolute atomic E-state index is 0.0406. The van der Waals surface area contributed by atoms with Crippen molar-refractivity contribution in [1.82, 2.24) is 9.88 Å². The molecule has 3 heterocycles. The number of likely N-dealkylation sites (tertiary alicyclic amines) is 1. The van der Waals surface area contributed by atoms with Gasteiger partial charge in [0, 0.05) is 31.5 Å². The number of carbonyl (C=O) groups is 1. The minimum Gasteiger partial charge on any atom is -0.506 e. The van der Waals surface area contributed by atoms with Crippen molar-refractivity contribution in [2.45, 2.75) is 37.7 Å². The van der Waals surface area contributed by atoms with Crippen molar-refractivity contribution in [3.63, 3.8) is 0 Å². The third-order valence-electron chi connectivity index (χ3n) is 5.44. The fourth-order valence-electron chi connectivity index (χ4n) is 4.04. The molecule has 1 saturated heterocycles. The number of fused-ring (bicyclic) bond motifs is 1. The minimum atomic E-state index is -0.302. The molecule has 0 bridgehead atoms. The molecule has 1 spiro atoms. The van der Waals surface area contributed by atoms with Crippen molar-refractivity contribution in [3.8, 4) is 11.5 Å². The van der Waals surface area contributed by atoms with E-state index in [1.165, 1.54) is 24.4 Å². The number of hydrogen-bond donors (Lipinski definition) is 1. The van der Waals surface area contributed by atoms with Crippen LogP contribution in [0, 0.1) is 5.82 Å². The Morgan fingerprint density at radius 1 is 1.31 bits per heavy atom.